The molecule has 244 valence electrons. The predicted molar refractivity (Wildman–Crippen MR) is 183 cm³/mol. The van der Waals surface area contributed by atoms with Crippen molar-refractivity contribution in [1.29, 1.82) is 0 Å². The van der Waals surface area contributed by atoms with E-state index in [1.165, 1.54) is 0 Å². The number of hydrogen-bond donors (Lipinski definition) is 0. The van der Waals surface area contributed by atoms with E-state index in [1.54, 1.807) is 17.3 Å². The van der Waals surface area contributed by atoms with Gasteiger partial charge in [0.1, 0.15) is 5.60 Å². The Labute approximate surface area is 271 Å². The lowest BCUT2D eigenvalue weighted by Crippen LogP contribution is -2.51. The van der Waals surface area contributed by atoms with Crippen molar-refractivity contribution >= 4 is 22.1 Å². The van der Waals surface area contributed by atoms with Crippen LogP contribution in [0.4, 0.5) is 4.79 Å². The smallest absolute Gasteiger partial charge is 0.415 e. The van der Waals surface area contributed by atoms with Crippen LogP contribution < -0.4 is 4.74 Å². The van der Waals surface area contributed by atoms with Crippen molar-refractivity contribution in [2.24, 2.45) is 11.8 Å². The summed E-state index contributed by atoms with van der Waals surface area (Å²) in [6.07, 6.45) is 5.71. The first-order valence-corrected chi connectivity index (χ1v) is 17.5. The molecular weight excluding hydrogens is 582 g/mol. The molecule has 7 nitrogen and oxygen atoms in total. The van der Waals surface area contributed by atoms with Crippen molar-refractivity contribution in [3.63, 3.8) is 0 Å². The van der Waals surface area contributed by atoms with Gasteiger partial charge >= 0.3 is 6.09 Å². The van der Waals surface area contributed by atoms with Crippen LogP contribution in [-0.2, 0) is 8.92 Å². The summed E-state index contributed by atoms with van der Waals surface area (Å²) in [5.74, 6) is 1.42. The summed E-state index contributed by atoms with van der Waals surface area (Å²) in [6, 6.07) is 20.7. The molecule has 0 N–H and O–H groups in total. The molecule has 2 atom stereocenters. The maximum absolute atomic E-state index is 14.2. The zero-order valence-corrected chi connectivity index (χ0v) is 29.4. The Morgan fingerprint density at radius 1 is 0.889 bits per heavy atom. The molecular formula is C37H51N3O4S. The molecule has 0 saturated carbocycles. The van der Waals surface area contributed by atoms with Gasteiger partial charge < -0.3 is 13.7 Å². The summed E-state index contributed by atoms with van der Waals surface area (Å²) in [5, 5.41) is 0. The lowest BCUT2D eigenvalue weighted by atomic mass is 9.82. The standard InChI is InChI=1S/C37H51N3O4S/c1-26(2)31-21-22-32(34-38-23-28(24-39-34)43-27(3)4)40(35(41)44-36(5,6)7)33(31)25-42-45(37(8,9)10,29-17-13-11-14-18-29)30-19-15-12-16-20-30/h11-20,22-24,26-27,31,33H,21,25H2,1-10H3. The minimum absolute atomic E-state index is 0.000232. The first-order valence-electron chi connectivity index (χ1n) is 15.9. The van der Waals surface area contributed by atoms with Crippen LogP contribution >= 0.6 is 10.3 Å². The van der Waals surface area contributed by atoms with E-state index in [1.807, 2.05) is 46.8 Å². The molecule has 8 heteroatoms. The SMILES string of the molecule is CC(C)Oc1cnc(C2=CCC(C(C)C)C(COS(c3ccccc3)(c3ccccc3)C(C)(C)C)N2C(=O)OC(C)(C)C)nc1. The summed E-state index contributed by atoms with van der Waals surface area (Å²) in [4.78, 5) is 27.5. The van der Waals surface area contributed by atoms with Crippen LogP contribution in [0.5, 0.6) is 5.75 Å². The van der Waals surface area contributed by atoms with Gasteiger partial charge in [0.05, 0.1) is 36.8 Å². The van der Waals surface area contributed by atoms with Gasteiger partial charge in [-0.25, -0.2) is 14.8 Å². The Morgan fingerprint density at radius 3 is 1.87 bits per heavy atom. The first kappa shape index (κ1) is 34.5. The van der Waals surface area contributed by atoms with Crippen LogP contribution in [0.2, 0.25) is 0 Å². The lowest BCUT2D eigenvalue weighted by molar-refractivity contribution is 0.0138. The van der Waals surface area contributed by atoms with Crippen LogP contribution in [0.15, 0.2) is 88.9 Å². The third-order valence-electron chi connectivity index (χ3n) is 7.77. The highest BCUT2D eigenvalue weighted by atomic mass is 32.3. The number of rotatable bonds is 9. The van der Waals surface area contributed by atoms with Gasteiger partial charge in [0, 0.05) is 14.5 Å². The summed E-state index contributed by atoms with van der Waals surface area (Å²) in [5.41, 5.74) is -0.0653. The number of allylic oxidation sites excluding steroid dienone is 1. The molecule has 4 rings (SSSR count). The first-order chi connectivity index (χ1) is 21.1. The third kappa shape index (κ3) is 7.90. The van der Waals surface area contributed by atoms with Gasteiger partial charge in [-0.15, -0.1) is 0 Å². The number of ether oxygens (including phenoxy) is 2. The van der Waals surface area contributed by atoms with Crippen molar-refractivity contribution in [2.45, 2.75) is 108 Å². The summed E-state index contributed by atoms with van der Waals surface area (Å²) in [7, 11) is -2.05. The Kier molecular flexibility index (Phi) is 10.7. The van der Waals surface area contributed by atoms with Gasteiger partial charge in [-0.2, -0.15) is 0 Å². The topological polar surface area (TPSA) is 73.8 Å². The average Bonchev–Trinajstić information content (AvgIpc) is 2.96. The van der Waals surface area contributed by atoms with Crippen molar-refractivity contribution in [3.05, 3.63) is 85.0 Å². The van der Waals surface area contributed by atoms with E-state index in [0.717, 1.165) is 16.2 Å². The zero-order chi connectivity index (χ0) is 33.0. The van der Waals surface area contributed by atoms with E-state index >= 15 is 0 Å². The molecule has 1 aliphatic rings. The van der Waals surface area contributed by atoms with Gasteiger partial charge in [-0.05, 0) is 97.9 Å². The van der Waals surface area contributed by atoms with Gasteiger partial charge in [-0.3, -0.25) is 4.90 Å². The van der Waals surface area contributed by atoms with Crippen LogP contribution in [0.3, 0.4) is 0 Å². The Balaban J connectivity index is 1.84. The summed E-state index contributed by atoms with van der Waals surface area (Å²) >= 11 is 0. The molecule has 0 fully saturated rings. The van der Waals surface area contributed by atoms with Gasteiger partial charge in [0.2, 0.25) is 0 Å². The zero-order valence-electron chi connectivity index (χ0n) is 28.6. The highest BCUT2D eigenvalue weighted by Gasteiger charge is 2.46. The maximum atomic E-state index is 14.2. The fourth-order valence-corrected chi connectivity index (χ4v) is 9.60. The monoisotopic (exact) mass is 633 g/mol. The van der Waals surface area contributed by atoms with E-state index < -0.39 is 22.0 Å². The highest BCUT2D eigenvalue weighted by molar-refractivity contribution is 8.31. The quantitative estimate of drug-likeness (QED) is 0.234. The molecule has 1 aromatic heterocycles. The fourth-order valence-electron chi connectivity index (χ4n) is 5.87. The lowest BCUT2D eigenvalue weighted by Gasteiger charge is -2.52. The Morgan fingerprint density at radius 2 is 1.42 bits per heavy atom. The number of benzene rings is 2. The minimum Gasteiger partial charge on any atom is -0.488 e. The highest BCUT2D eigenvalue weighted by Crippen LogP contribution is 2.71. The van der Waals surface area contributed by atoms with E-state index in [9.17, 15) is 4.79 Å². The number of amides is 1. The second-order valence-electron chi connectivity index (χ2n) is 14.1. The van der Waals surface area contributed by atoms with Gasteiger partial charge in [0.15, 0.2) is 11.6 Å². The molecule has 0 spiro atoms. The summed E-state index contributed by atoms with van der Waals surface area (Å²) in [6.45, 7) is 21.0. The largest absolute Gasteiger partial charge is 0.488 e. The van der Waals surface area contributed by atoms with Crippen LogP contribution in [0.25, 0.3) is 5.70 Å². The predicted octanol–water partition coefficient (Wildman–Crippen LogP) is 9.54. The second-order valence-corrected chi connectivity index (χ2v) is 17.7. The third-order valence-corrected chi connectivity index (χ3v) is 11.9. The van der Waals surface area contributed by atoms with E-state index in [4.69, 9.17) is 13.7 Å². The average molecular weight is 634 g/mol. The normalized spacial score (nSPS) is 18.1. The molecule has 45 heavy (non-hydrogen) atoms. The Bertz CT molecular complexity index is 1390. The molecule has 1 aliphatic heterocycles. The van der Waals surface area contributed by atoms with E-state index in [2.05, 4.69) is 99.2 Å². The van der Waals surface area contributed by atoms with Gasteiger partial charge in [0.25, 0.3) is 0 Å². The van der Waals surface area contributed by atoms with E-state index in [-0.39, 0.29) is 28.7 Å². The van der Waals surface area contributed by atoms with Crippen molar-refractivity contribution in [1.82, 2.24) is 14.9 Å². The molecule has 0 bridgehead atoms. The van der Waals surface area contributed by atoms with Crippen LogP contribution in [-0.4, -0.2) is 50.1 Å². The van der Waals surface area contributed by atoms with Crippen molar-refractivity contribution in [3.8, 4) is 5.75 Å². The number of hydrogen-bond acceptors (Lipinski definition) is 6. The van der Waals surface area contributed by atoms with Crippen LogP contribution in [0.1, 0.15) is 81.5 Å². The van der Waals surface area contributed by atoms with Crippen LogP contribution in [0, 0.1) is 11.8 Å². The minimum atomic E-state index is -2.05. The molecule has 0 aliphatic carbocycles. The number of nitrogens with zero attached hydrogens (tertiary/aromatic N) is 3. The Hall–Kier alpha value is -3.36. The molecule has 3 aromatic rings. The van der Waals surface area contributed by atoms with Crippen molar-refractivity contribution in [2.75, 3.05) is 6.61 Å². The van der Waals surface area contributed by atoms with Crippen molar-refractivity contribution < 1.29 is 18.5 Å². The number of carbonyl (C=O) groups is 1. The molecule has 2 heterocycles. The van der Waals surface area contributed by atoms with E-state index in [0.29, 0.717) is 23.9 Å². The maximum Gasteiger partial charge on any atom is 0.415 e. The molecule has 0 radical (unpaired) electrons. The fraction of sp³-hybridized carbons (Fsp3) is 0.486. The molecule has 2 unspecified atom stereocenters. The molecule has 2 aromatic carbocycles. The second kappa shape index (κ2) is 14.0. The number of carbonyl (C=O) groups excluding carboxylic acids is 1. The summed E-state index contributed by atoms with van der Waals surface area (Å²) < 4.78 is 19.0. The molecule has 0 saturated heterocycles. The number of aromatic nitrogens is 2. The molecule has 1 amide bonds. The van der Waals surface area contributed by atoms with Gasteiger partial charge in [-0.1, -0.05) is 66.6 Å².